The van der Waals surface area contributed by atoms with Crippen LogP contribution in [0.3, 0.4) is 0 Å². The summed E-state index contributed by atoms with van der Waals surface area (Å²) in [6.45, 7) is 0.553. The smallest absolute Gasteiger partial charge is 0.404 e. The van der Waals surface area contributed by atoms with E-state index in [2.05, 4.69) is 5.32 Å². The second-order valence-electron chi connectivity index (χ2n) is 1.66. The molecule has 0 fully saturated rings. The van der Waals surface area contributed by atoms with E-state index < -0.39 is 6.09 Å². The van der Waals surface area contributed by atoms with Crippen molar-refractivity contribution in [3.05, 3.63) is 0 Å². The molecule has 0 aromatic rings. The van der Waals surface area contributed by atoms with Gasteiger partial charge in [0.2, 0.25) is 0 Å². The van der Waals surface area contributed by atoms with E-state index >= 15 is 0 Å². The Kier molecular flexibility index (Phi) is 4.91. The molecule has 0 bridgehead atoms. The Bertz CT molecular complexity index is 84.3. The largest absolute Gasteiger partial charge is 0.465 e. The lowest BCUT2D eigenvalue weighted by molar-refractivity contribution is 0.193. The van der Waals surface area contributed by atoms with Crippen LogP contribution in [0.25, 0.3) is 0 Å². The van der Waals surface area contributed by atoms with Gasteiger partial charge in [-0.05, 0) is 12.8 Å². The highest BCUT2D eigenvalue weighted by Crippen LogP contribution is 1.82. The van der Waals surface area contributed by atoms with Crippen molar-refractivity contribution in [1.29, 1.82) is 0 Å². The van der Waals surface area contributed by atoms with E-state index in [1.165, 1.54) is 0 Å². The molecule has 0 aliphatic rings. The van der Waals surface area contributed by atoms with Crippen LogP contribution in [-0.2, 0) is 0 Å². The first-order valence-electron chi connectivity index (χ1n) is 2.85. The van der Waals surface area contributed by atoms with Gasteiger partial charge in [-0.25, -0.2) is 4.79 Å². The molecule has 0 radical (unpaired) electrons. The molecule has 3 N–H and O–H groups in total. The summed E-state index contributed by atoms with van der Waals surface area (Å²) in [5.41, 5.74) is 0. The van der Waals surface area contributed by atoms with Crippen LogP contribution in [0.5, 0.6) is 0 Å². The van der Waals surface area contributed by atoms with E-state index in [1.807, 2.05) is 0 Å². The molecule has 4 heteroatoms. The molecule has 54 valence electrons. The second-order valence-corrected chi connectivity index (χ2v) is 1.66. The zero-order chi connectivity index (χ0) is 7.11. The molecule has 0 heterocycles. The van der Waals surface area contributed by atoms with Crippen LogP contribution in [0.2, 0.25) is 0 Å². The standard InChI is InChI=1S/C5H11NO3/c7-4-2-1-3-6-5(8)9/h6-7H,1-4H2,(H,8,9). The number of amides is 1. The molecule has 0 atom stereocenters. The third-order valence-corrected chi connectivity index (χ3v) is 0.861. The van der Waals surface area contributed by atoms with Crippen molar-refractivity contribution in [2.45, 2.75) is 12.8 Å². The van der Waals surface area contributed by atoms with Crippen molar-refractivity contribution in [2.75, 3.05) is 13.2 Å². The zero-order valence-electron chi connectivity index (χ0n) is 5.13. The molecule has 0 saturated heterocycles. The van der Waals surface area contributed by atoms with Gasteiger partial charge >= 0.3 is 6.09 Å². The van der Waals surface area contributed by atoms with Crippen molar-refractivity contribution in [3.8, 4) is 0 Å². The highest BCUT2D eigenvalue weighted by atomic mass is 16.4. The fourth-order valence-electron chi connectivity index (χ4n) is 0.432. The minimum atomic E-state index is -1.01. The van der Waals surface area contributed by atoms with Gasteiger partial charge in [0, 0.05) is 13.2 Å². The maximum atomic E-state index is 9.79. The van der Waals surface area contributed by atoms with Crippen molar-refractivity contribution in [1.82, 2.24) is 5.32 Å². The van der Waals surface area contributed by atoms with E-state index in [9.17, 15) is 4.79 Å². The van der Waals surface area contributed by atoms with Gasteiger partial charge < -0.3 is 15.5 Å². The fourth-order valence-corrected chi connectivity index (χ4v) is 0.432. The Morgan fingerprint density at radius 3 is 2.56 bits per heavy atom. The summed E-state index contributed by atoms with van der Waals surface area (Å²) in [7, 11) is 0. The van der Waals surface area contributed by atoms with Crippen molar-refractivity contribution < 1.29 is 15.0 Å². The van der Waals surface area contributed by atoms with Crippen molar-refractivity contribution >= 4 is 6.09 Å². The SMILES string of the molecule is O=C(O)NCCCCO. The quantitative estimate of drug-likeness (QED) is 0.474. The van der Waals surface area contributed by atoms with Gasteiger partial charge in [0.15, 0.2) is 0 Å². The summed E-state index contributed by atoms with van der Waals surface area (Å²) in [4.78, 5) is 9.79. The lowest BCUT2D eigenvalue weighted by Crippen LogP contribution is -2.21. The van der Waals surface area contributed by atoms with Gasteiger partial charge in [-0.2, -0.15) is 0 Å². The zero-order valence-corrected chi connectivity index (χ0v) is 5.13. The third-order valence-electron chi connectivity index (χ3n) is 0.861. The molecule has 9 heavy (non-hydrogen) atoms. The Balaban J connectivity index is 2.83. The first-order chi connectivity index (χ1) is 4.27. The number of carboxylic acid groups (broad SMARTS) is 1. The number of aliphatic hydroxyl groups excluding tert-OH is 1. The van der Waals surface area contributed by atoms with Crippen LogP contribution in [-0.4, -0.2) is 29.5 Å². The highest BCUT2D eigenvalue weighted by Gasteiger charge is 1.90. The molecule has 0 saturated carbocycles. The lowest BCUT2D eigenvalue weighted by atomic mass is 10.3. The van der Waals surface area contributed by atoms with Gasteiger partial charge in [-0.15, -0.1) is 0 Å². The van der Waals surface area contributed by atoms with Gasteiger partial charge in [-0.3, -0.25) is 0 Å². The van der Waals surface area contributed by atoms with E-state index in [1.54, 1.807) is 0 Å². The number of hydrogen-bond donors (Lipinski definition) is 3. The third kappa shape index (κ3) is 7.23. The maximum absolute atomic E-state index is 9.79. The predicted octanol–water partition coefficient (Wildman–Crippen LogP) is 0.0265. The molecule has 0 aromatic carbocycles. The Hall–Kier alpha value is -0.770. The van der Waals surface area contributed by atoms with E-state index in [4.69, 9.17) is 10.2 Å². The number of nitrogens with one attached hydrogen (secondary N) is 1. The number of hydrogen-bond acceptors (Lipinski definition) is 2. The number of carbonyl (C=O) groups is 1. The molecule has 0 aliphatic heterocycles. The van der Waals surface area contributed by atoms with Gasteiger partial charge in [0.1, 0.15) is 0 Å². The van der Waals surface area contributed by atoms with Crippen LogP contribution >= 0.6 is 0 Å². The summed E-state index contributed by atoms with van der Waals surface area (Å²) < 4.78 is 0. The molecule has 0 unspecified atom stereocenters. The van der Waals surface area contributed by atoms with Crippen LogP contribution in [0.4, 0.5) is 4.79 Å². The predicted molar refractivity (Wildman–Crippen MR) is 32.3 cm³/mol. The molecule has 0 rings (SSSR count). The van der Waals surface area contributed by atoms with Crippen LogP contribution in [0.15, 0.2) is 0 Å². The highest BCUT2D eigenvalue weighted by molar-refractivity contribution is 5.64. The first kappa shape index (κ1) is 8.23. The van der Waals surface area contributed by atoms with Crippen LogP contribution in [0, 0.1) is 0 Å². The van der Waals surface area contributed by atoms with E-state index in [-0.39, 0.29) is 6.61 Å². The molecule has 0 aromatic heterocycles. The van der Waals surface area contributed by atoms with Crippen molar-refractivity contribution in [2.24, 2.45) is 0 Å². The van der Waals surface area contributed by atoms with Crippen molar-refractivity contribution in [3.63, 3.8) is 0 Å². The molecular weight excluding hydrogens is 122 g/mol. The monoisotopic (exact) mass is 133 g/mol. The maximum Gasteiger partial charge on any atom is 0.404 e. The average Bonchev–Trinajstić information content (AvgIpc) is 1.80. The summed E-state index contributed by atoms with van der Waals surface area (Å²) in [6, 6.07) is 0. The molecule has 0 aliphatic carbocycles. The summed E-state index contributed by atoms with van der Waals surface area (Å²) in [5, 5.41) is 18.5. The summed E-state index contributed by atoms with van der Waals surface area (Å²) >= 11 is 0. The molecular formula is C5H11NO3. The average molecular weight is 133 g/mol. The van der Waals surface area contributed by atoms with Gasteiger partial charge in [-0.1, -0.05) is 0 Å². The molecule has 1 amide bonds. The number of unbranched alkanes of at least 4 members (excludes halogenated alkanes) is 1. The second kappa shape index (κ2) is 5.37. The minimum Gasteiger partial charge on any atom is -0.465 e. The number of rotatable bonds is 4. The summed E-state index contributed by atoms with van der Waals surface area (Å²) in [5.74, 6) is 0. The minimum absolute atomic E-state index is 0.126. The van der Waals surface area contributed by atoms with E-state index in [0.29, 0.717) is 19.4 Å². The van der Waals surface area contributed by atoms with Gasteiger partial charge in [0.25, 0.3) is 0 Å². The fraction of sp³-hybridized carbons (Fsp3) is 0.800. The summed E-state index contributed by atoms with van der Waals surface area (Å²) in [6.07, 6.45) is 0.344. The Morgan fingerprint density at radius 1 is 1.44 bits per heavy atom. The first-order valence-corrected chi connectivity index (χ1v) is 2.85. The van der Waals surface area contributed by atoms with E-state index in [0.717, 1.165) is 0 Å². The topological polar surface area (TPSA) is 69.6 Å². The van der Waals surface area contributed by atoms with Crippen LogP contribution in [0.1, 0.15) is 12.8 Å². The lowest BCUT2D eigenvalue weighted by Gasteiger charge is -1.96. The molecule has 0 spiro atoms. The number of aliphatic hydroxyl groups is 1. The Morgan fingerprint density at radius 2 is 2.11 bits per heavy atom. The Labute approximate surface area is 53.5 Å². The van der Waals surface area contributed by atoms with Gasteiger partial charge in [0.05, 0.1) is 0 Å². The van der Waals surface area contributed by atoms with Crippen LogP contribution < -0.4 is 5.32 Å². The molecule has 4 nitrogen and oxygen atoms in total. The normalized spacial score (nSPS) is 9.00.